The molecule has 0 saturated carbocycles. The maximum Gasteiger partial charge on any atom is 0.335 e. The van der Waals surface area contributed by atoms with Gasteiger partial charge in [-0.25, -0.2) is 9.37 Å². The van der Waals surface area contributed by atoms with Gasteiger partial charge in [-0.15, -0.1) is 0 Å². The lowest BCUT2D eigenvalue weighted by Crippen LogP contribution is -2.32. The number of rotatable bonds is 9. The zero-order valence-corrected chi connectivity index (χ0v) is 21.8. The molecular weight excluding hydrogens is 555 g/mol. The van der Waals surface area contributed by atoms with Crippen LogP contribution in [0.1, 0.15) is 31.2 Å². The second-order valence-corrected chi connectivity index (χ2v) is 13.7. The van der Waals surface area contributed by atoms with Gasteiger partial charge in [0.25, 0.3) is 0 Å². The van der Waals surface area contributed by atoms with Gasteiger partial charge in [-0.3, -0.25) is 13.7 Å². The number of aromatic nitrogens is 4. The summed E-state index contributed by atoms with van der Waals surface area (Å²) in [5, 5.41) is 24.1. The molecule has 1 saturated heterocycles. The van der Waals surface area contributed by atoms with Crippen LogP contribution in [0.2, 0.25) is 5.28 Å². The average Bonchev–Trinajstić information content (AvgIpc) is 3.32. The number of hydrogen-bond donors (Lipinski definition) is 6. The molecule has 0 aliphatic carbocycles. The fraction of sp³-hybridized carbons (Fsp3) is 0.450. The summed E-state index contributed by atoms with van der Waals surface area (Å²) in [4.78, 5) is 40.5. The number of hydrogen-bond acceptors (Lipinski definition) is 9. The van der Waals surface area contributed by atoms with E-state index in [-0.39, 0.29) is 40.5 Å². The highest BCUT2D eigenvalue weighted by Gasteiger charge is 2.45. The van der Waals surface area contributed by atoms with Crippen molar-refractivity contribution in [2.24, 2.45) is 0 Å². The lowest BCUT2D eigenvalue weighted by molar-refractivity contribution is -0.0354. The molecule has 1 aromatic carbocycles. The van der Waals surface area contributed by atoms with Crippen LogP contribution in [0.3, 0.4) is 0 Å². The smallest absolute Gasteiger partial charge is 0.335 e. The van der Waals surface area contributed by atoms with Gasteiger partial charge in [0, 0.05) is 6.16 Å². The van der Waals surface area contributed by atoms with Gasteiger partial charge in [-0.1, -0.05) is 12.1 Å². The fourth-order valence-electron chi connectivity index (χ4n) is 4.10. The summed E-state index contributed by atoms with van der Waals surface area (Å²) in [5.41, 5.74) is 1.21. The predicted octanol–water partition coefficient (Wildman–Crippen LogP) is 2.21. The number of imidazole rings is 1. The quantitative estimate of drug-likeness (QED) is 0.160. The molecule has 1 fully saturated rings. The molecule has 3 unspecified atom stereocenters. The summed E-state index contributed by atoms with van der Waals surface area (Å²) in [6.45, 7) is 1.82. The highest BCUT2D eigenvalue weighted by molar-refractivity contribution is 7.72. The molecule has 0 radical (unpaired) electrons. The van der Waals surface area contributed by atoms with Gasteiger partial charge in [0.2, 0.25) is 12.7 Å². The Kier molecular flexibility index (Phi) is 8.06. The van der Waals surface area contributed by atoms with E-state index in [0.717, 1.165) is 5.56 Å². The van der Waals surface area contributed by atoms with E-state index in [2.05, 4.69) is 20.3 Å². The lowest BCUT2D eigenvalue weighted by atomic mass is 10.1. The average molecular weight is 580 g/mol. The van der Waals surface area contributed by atoms with Gasteiger partial charge in [0.15, 0.2) is 23.2 Å². The van der Waals surface area contributed by atoms with Crippen molar-refractivity contribution in [1.82, 2.24) is 19.5 Å². The largest absolute Gasteiger partial charge is 0.388 e. The third kappa shape index (κ3) is 6.54. The Bertz CT molecular complexity index is 1370. The monoisotopic (exact) mass is 579 g/mol. The molecule has 0 bridgehead atoms. The van der Waals surface area contributed by atoms with Crippen molar-refractivity contribution in [3.05, 3.63) is 47.3 Å². The Morgan fingerprint density at radius 3 is 2.49 bits per heavy atom. The molecule has 6 N–H and O–H groups in total. The van der Waals surface area contributed by atoms with Crippen molar-refractivity contribution in [2.75, 3.05) is 17.4 Å². The minimum Gasteiger partial charge on any atom is -0.388 e. The maximum atomic E-state index is 13.3. The Balaban J connectivity index is 1.55. The van der Waals surface area contributed by atoms with Gasteiger partial charge >= 0.3 is 7.60 Å². The zero-order chi connectivity index (χ0) is 27.1. The predicted molar refractivity (Wildman–Crippen MR) is 131 cm³/mol. The molecular formula is C20H25ClFN5O8P2. The molecule has 2 aromatic heterocycles. The van der Waals surface area contributed by atoms with Crippen LogP contribution in [-0.2, 0) is 13.9 Å². The standard InChI is InChI=1S/C20H25ClFN5O8P2/c1-10(11-2-4-12(22)5-3-11)24-17-14-18(26-20(21)25-17)27(8-23-14)19-16(29)15(28)13(35-19)6-7-36(30,31)9-37(32,33)34/h2-5,8,10,13,15-16,19,28-29H,6-7,9H2,1H3,(H,30,31)(H,24,25,26)(H2,32,33,34)/t10-,13+,15?,16?,19+/m0/s1. The van der Waals surface area contributed by atoms with Gasteiger partial charge in [0.1, 0.15) is 23.9 Å². The summed E-state index contributed by atoms with van der Waals surface area (Å²) in [7, 11) is -8.93. The first-order valence-corrected chi connectivity index (χ1v) is 15.2. The molecule has 3 aromatic rings. The molecule has 37 heavy (non-hydrogen) atoms. The third-order valence-electron chi connectivity index (χ3n) is 5.90. The molecule has 4 rings (SSSR count). The fourth-order valence-corrected chi connectivity index (χ4v) is 7.79. The van der Waals surface area contributed by atoms with E-state index in [4.69, 9.17) is 26.1 Å². The van der Waals surface area contributed by atoms with E-state index < -0.39 is 51.6 Å². The summed E-state index contributed by atoms with van der Waals surface area (Å²) in [5.74, 6) is -1.31. The van der Waals surface area contributed by atoms with Crippen LogP contribution in [0.15, 0.2) is 30.6 Å². The Hall–Kier alpha value is -1.99. The van der Waals surface area contributed by atoms with Gasteiger partial charge in [0.05, 0.1) is 18.5 Å². The number of aliphatic hydroxyl groups excluding tert-OH is 2. The van der Waals surface area contributed by atoms with E-state index >= 15 is 0 Å². The lowest BCUT2D eigenvalue weighted by Gasteiger charge is -2.18. The Labute approximate surface area is 214 Å². The molecule has 1 aliphatic heterocycles. The second kappa shape index (κ2) is 10.6. The number of anilines is 1. The number of nitrogens with one attached hydrogen (secondary N) is 1. The minimum absolute atomic E-state index is 0.147. The van der Waals surface area contributed by atoms with Gasteiger partial charge in [-0.2, -0.15) is 9.97 Å². The molecule has 0 amide bonds. The molecule has 0 spiro atoms. The van der Waals surface area contributed by atoms with Crippen molar-refractivity contribution in [2.45, 2.75) is 43.9 Å². The van der Waals surface area contributed by atoms with Crippen LogP contribution in [0.4, 0.5) is 10.2 Å². The topological polar surface area (TPSA) is 200 Å². The third-order valence-corrected chi connectivity index (χ3v) is 10.3. The van der Waals surface area contributed by atoms with Crippen LogP contribution in [-0.4, -0.2) is 74.8 Å². The van der Waals surface area contributed by atoms with E-state index in [1.165, 1.54) is 23.0 Å². The summed E-state index contributed by atoms with van der Waals surface area (Å²) in [6, 6.07) is 5.56. The van der Waals surface area contributed by atoms with Crippen molar-refractivity contribution < 1.29 is 43.2 Å². The number of benzene rings is 1. The molecule has 3 heterocycles. The number of fused-ring (bicyclic) bond motifs is 1. The van der Waals surface area contributed by atoms with Crippen molar-refractivity contribution in [3.63, 3.8) is 0 Å². The maximum absolute atomic E-state index is 13.3. The number of halogens is 2. The summed E-state index contributed by atoms with van der Waals surface area (Å²) < 4.78 is 43.6. The van der Waals surface area contributed by atoms with E-state index in [9.17, 15) is 28.6 Å². The normalized spacial score (nSPS) is 24.8. The SMILES string of the molecule is C[C@H](Nc1nc(Cl)nc2c1ncn2[C@@H]1O[C@H](CCP(=O)(O)CP(=O)(O)O)C(O)C1O)c1ccc(F)cc1. The first-order chi connectivity index (χ1) is 17.2. The van der Waals surface area contributed by atoms with Crippen molar-refractivity contribution in [3.8, 4) is 0 Å². The van der Waals surface area contributed by atoms with Crippen LogP contribution in [0.5, 0.6) is 0 Å². The van der Waals surface area contributed by atoms with Crippen LogP contribution in [0.25, 0.3) is 11.2 Å². The van der Waals surface area contributed by atoms with Gasteiger partial charge in [-0.05, 0) is 42.6 Å². The highest BCUT2D eigenvalue weighted by atomic mass is 35.5. The second-order valence-electron chi connectivity index (χ2n) is 8.79. The summed E-state index contributed by atoms with van der Waals surface area (Å²) in [6.07, 6.45) is -4.73. The Morgan fingerprint density at radius 2 is 1.84 bits per heavy atom. The highest BCUT2D eigenvalue weighted by Crippen LogP contribution is 2.55. The van der Waals surface area contributed by atoms with Crippen molar-refractivity contribution >= 4 is 43.5 Å². The number of nitrogens with zero attached hydrogens (tertiary/aromatic N) is 4. The first-order valence-electron chi connectivity index (χ1n) is 11.0. The number of aliphatic hydroxyl groups is 2. The Morgan fingerprint density at radius 1 is 1.16 bits per heavy atom. The van der Waals surface area contributed by atoms with Gasteiger partial charge < -0.3 is 34.9 Å². The van der Waals surface area contributed by atoms with Crippen molar-refractivity contribution in [1.29, 1.82) is 0 Å². The molecule has 13 nitrogen and oxygen atoms in total. The number of ether oxygens (including phenoxy) is 1. The van der Waals surface area contributed by atoms with Crippen LogP contribution >= 0.6 is 26.6 Å². The van der Waals surface area contributed by atoms with Crippen LogP contribution in [0, 0.1) is 5.82 Å². The van der Waals surface area contributed by atoms with E-state index in [0.29, 0.717) is 0 Å². The van der Waals surface area contributed by atoms with Crippen LogP contribution < -0.4 is 5.32 Å². The van der Waals surface area contributed by atoms with E-state index in [1.54, 1.807) is 12.1 Å². The minimum atomic E-state index is -4.72. The molecule has 17 heteroatoms. The first kappa shape index (κ1) is 28.0. The summed E-state index contributed by atoms with van der Waals surface area (Å²) >= 11 is 6.13. The van der Waals surface area contributed by atoms with E-state index in [1.807, 2.05) is 6.92 Å². The zero-order valence-electron chi connectivity index (χ0n) is 19.3. The molecule has 1 aliphatic rings. The molecule has 6 atom stereocenters. The molecule has 202 valence electrons.